The number of aliphatic hydroxyl groups excluding tert-OH is 1. The van der Waals surface area contributed by atoms with Gasteiger partial charge in [-0.15, -0.1) is 0 Å². The van der Waals surface area contributed by atoms with Crippen molar-refractivity contribution < 1.29 is 9.84 Å². The topological polar surface area (TPSA) is 29.5 Å². The van der Waals surface area contributed by atoms with E-state index in [0.29, 0.717) is 5.92 Å². The van der Waals surface area contributed by atoms with Crippen LogP contribution in [0.5, 0.6) is 0 Å². The van der Waals surface area contributed by atoms with Crippen LogP contribution in [0.1, 0.15) is 78.1 Å². The largest absolute Gasteiger partial charge is 0.390 e. The second kappa shape index (κ2) is 8.16. The van der Waals surface area contributed by atoms with Gasteiger partial charge in [0.15, 0.2) is 0 Å². The van der Waals surface area contributed by atoms with E-state index in [2.05, 4.69) is 13.8 Å². The molecule has 108 valence electrons. The van der Waals surface area contributed by atoms with E-state index in [9.17, 15) is 5.11 Å². The third-order valence-electron chi connectivity index (χ3n) is 4.81. The number of unbranched alkanes of at least 4 members (excludes halogenated alkanes) is 1. The van der Waals surface area contributed by atoms with Gasteiger partial charge in [-0.05, 0) is 25.2 Å². The molecule has 0 spiro atoms. The van der Waals surface area contributed by atoms with Gasteiger partial charge < -0.3 is 9.84 Å². The van der Waals surface area contributed by atoms with Crippen molar-refractivity contribution in [1.82, 2.24) is 0 Å². The lowest BCUT2D eigenvalue weighted by Crippen LogP contribution is -2.46. The minimum absolute atomic E-state index is 0.238. The van der Waals surface area contributed by atoms with Crippen LogP contribution in [0.4, 0.5) is 0 Å². The first-order chi connectivity index (χ1) is 8.68. The molecule has 1 N–H and O–H groups in total. The van der Waals surface area contributed by atoms with Gasteiger partial charge in [-0.3, -0.25) is 0 Å². The fraction of sp³-hybridized carbons (Fsp3) is 1.00. The first kappa shape index (κ1) is 16.0. The summed E-state index contributed by atoms with van der Waals surface area (Å²) < 4.78 is 5.74. The monoisotopic (exact) mass is 256 g/mol. The number of hydrogen-bond acceptors (Lipinski definition) is 2. The zero-order chi connectivity index (χ0) is 13.4. The molecular weight excluding hydrogens is 224 g/mol. The maximum Gasteiger partial charge on any atom is 0.0936 e. The van der Waals surface area contributed by atoms with Gasteiger partial charge in [0.05, 0.1) is 11.7 Å². The van der Waals surface area contributed by atoms with E-state index in [0.717, 1.165) is 19.3 Å². The Balaban J connectivity index is 2.51. The standard InChI is InChI=1S/C16H32O2/c1-4-6-10-14(5-2)13-15(17)16(18-3)11-8-7-9-12-16/h14-15,17H,4-13H2,1-3H3. The quantitative estimate of drug-likeness (QED) is 0.701. The van der Waals surface area contributed by atoms with Crippen molar-refractivity contribution in [2.24, 2.45) is 5.92 Å². The van der Waals surface area contributed by atoms with Gasteiger partial charge in [-0.1, -0.05) is 58.8 Å². The van der Waals surface area contributed by atoms with E-state index in [4.69, 9.17) is 4.74 Å². The van der Waals surface area contributed by atoms with Crippen molar-refractivity contribution in [3.8, 4) is 0 Å². The van der Waals surface area contributed by atoms with Crippen LogP contribution in [0, 0.1) is 5.92 Å². The summed E-state index contributed by atoms with van der Waals surface area (Å²) >= 11 is 0. The molecule has 2 nitrogen and oxygen atoms in total. The lowest BCUT2D eigenvalue weighted by Gasteiger charge is -2.41. The smallest absolute Gasteiger partial charge is 0.0936 e. The van der Waals surface area contributed by atoms with Gasteiger partial charge in [0.1, 0.15) is 0 Å². The zero-order valence-corrected chi connectivity index (χ0v) is 12.6. The van der Waals surface area contributed by atoms with Crippen LogP contribution in [0.25, 0.3) is 0 Å². The van der Waals surface area contributed by atoms with E-state index >= 15 is 0 Å². The van der Waals surface area contributed by atoms with E-state index in [-0.39, 0.29) is 11.7 Å². The molecule has 0 heterocycles. The molecule has 18 heavy (non-hydrogen) atoms. The lowest BCUT2D eigenvalue weighted by atomic mass is 9.77. The highest BCUT2D eigenvalue weighted by Gasteiger charge is 2.39. The normalized spacial score (nSPS) is 22.7. The lowest BCUT2D eigenvalue weighted by molar-refractivity contribution is -0.129. The van der Waals surface area contributed by atoms with Crippen LogP contribution in [0.2, 0.25) is 0 Å². The average Bonchev–Trinajstić information content (AvgIpc) is 2.43. The molecule has 1 fully saturated rings. The van der Waals surface area contributed by atoms with E-state index in [1.165, 1.54) is 44.9 Å². The van der Waals surface area contributed by atoms with E-state index < -0.39 is 0 Å². The number of ether oxygens (including phenoxy) is 1. The molecule has 0 bridgehead atoms. The molecule has 0 aliphatic heterocycles. The highest BCUT2D eigenvalue weighted by molar-refractivity contribution is 4.91. The van der Waals surface area contributed by atoms with Crippen molar-refractivity contribution in [3.05, 3.63) is 0 Å². The predicted octanol–water partition coefficient (Wildman–Crippen LogP) is 4.30. The van der Waals surface area contributed by atoms with Gasteiger partial charge in [0.2, 0.25) is 0 Å². The molecule has 0 aromatic heterocycles. The Hall–Kier alpha value is -0.0800. The molecule has 0 saturated heterocycles. The molecule has 2 heteroatoms. The second-order valence-electron chi connectivity index (χ2n) is 6.00. The molecule has 1 rings (SSSR count). The van der Waals surface area contributed by atoms with Crippen molar-refractivity contribution in [1.29, 1.82) is 0 Å². The third-order valence-corrected chi connectivity index (χ3v) is 4.81. The Morgan fingerprint density at radius 1 is 1.17 bits per heavy atom. The Labute approximate surface area is 113 Å². The maximum absolute atomic E-state index is 10.6. The summed E-state index contributed by atoms with van der Waals surface area (Å²) in [6.07, 6.45) is 11.4. The molecule has 0 aromatic carbocycles. The SMILES string of the molecule is CCCCC(CC)CC(O)C1(OC)CCCCC1. The second-order valence-corrected chi connectivity index (χ2v) is 6.00. The summed E-state index contributed by atoms with van der Waals surface area (Å²) in [5, 5.41) is 10.6. The molecule has 1 saturated carbocycles. The summed E-state index contributed by atoms with van der Waals surface area (Å²) in [6, 6.07) is 0. The highest BCUT2D eigenvalue weighted by Crippen LogP contribution is 2.37. The van der Waals surface area contributed by atoms with Crippen molar-refractivity contribution >= 4 is 0 Å². The Kier molecular flexibility index (Phi) is 7.25. The summed E-state index contributed by atoms with van der Waals surface area (Å²) in [7, 11) is 1.78. The number of hydrogen-bond donors (Lipinski definition) is 1. The van der Waals surface area contributed by atoms with Gasteiger partial charge in [-0.25, -0.2) is 0 Å². The van der Waals surface area contributed by atoms with Crippen LogP contribution in [-0.4, -0.2) is 23.9 Å². The van der Waals surface area contributed by atoms with Crippen LogP contribution in [-0.2, 0) is 4.74 Å². The molecule has 1 aliphatic rings. The summed E-state index contributed by atoms with van der Waals surface area (Å²) in [5.41, 5.74) is -0.238. The first-order valence-electron chi connectivity index (χ1n) is 7.91. The van der Waals surface area contributed by atoms with Crippen LogP contribution in [0.15, 0.2) is 0 Å². The van der Waals surface area contributed by atoms with Gasteiger partial charge in [-0.2, -0.15) is 0 Å². The Morgan fingerprint density at radius 2 is 1.83 bits per heavy atom. The molecule has 2 atom stereocenters. The number of rotatable bonds is 8. The highest BCUT2D eigenvalue weighted by atomic mass is 16.5. The average molecular weight is 256 g/mol. The van der Waals surface area contributed by atoms with Gasteiger partial charge in [0, 0.05) is 7.11 Å². The minimum atomic E-state index is -0.274. The summed E-state index contributed by atoms with van der Waals surface area (Å²) in [4.78, 5) is 0. The zero-order valence-electron chi connectivity index (χ0n) is 12.6. The van der Waals surface area contributed by atoms with E-state index in [1.54, 1.807) is 7.11 Å². The summed E-state index contributed by atoms with van der Waals surface area (Å²) in [5.74, 6) is 0.661. The van der Waals surface area contributed by atoms with Crippen molar-refractivity contribution in [2.45, 2.75) is 89.8 Å². The molecule has 0 radical (unpaired) electrons. The fourth-order valence-electron chi connectivity index (χ4n) is 3.34. The molecule has 0 aromatic rings. The molecule has 2 unspecified atom stereocenters. The number of methoxy groups -OCH3 is 1. The first-order valence-corrected chi connectivity index (χ1v) is 7.91. The van der Waals surface area contributed by atoms with Gasteiger partial charge in [0.25, 0.3) is 0 Å². The molecule has 1 aliphatic carbocycles. The predicted molar refractivity (Wildman–Crippen MR) is 76.8 cm³/mol. The molecular formula is C16H32O2. The molecule has 0 amide bonds. The Morgan fingerprint density at radius 3 is 2.33 bits per heavy atom. The van der Waals surface area contributed by atoms with Crippen LogP contribution in [0.3, 0.4) is 0 Å². The van der Waals surface area contributed by atoms with Crippen LogP contribution >= 0.6 is 0 Å². The minimum Gasteiger partial charge on any atom is -0.390 e. The van der Waals surface area contributed by atoms with Gasteiger partial charge >= 0.3 is 0 Å². The maximum atomic E-state index is 10.6. The van der Waals surface area contributed by atoms with Crippen LogP contribution < -0.4 is 0 Å². The Bertz CT molecular complexity index is 209. The summed E-state index contributed by atoms with van der Waals surface area (Å²) in [6.45, 7) is 4.48. The van der Waals surface area contributed by atoms with E-state index in [1.807, 2.05) is 0 Å². The third kappa shape index (κ3) is 4.24. The number of aliphatic hydroxyl groups is 1. The fourth-order valence-corrected chi connectivity index (χ4v) is 3.34. The van der Waals surface area contributed by atoms with Crippen molar-refractivity contribution in [3.63, 3.8) is 0 Å². The van der Waals surface area contributed by atoms with Crippen molar-refractivity contribution in [2.75, 3.05) is 7.11 Å².